The molecule has 1 rings (SSSR count). The van der Waals surface area contributed by atoms with Crippen molar-refractivity contribution in [2.45, 2.75) is 6.42 Å². The highest BCUT2D eigenvalue weighted by Gasteiger charge is 2.11. The molecule has 0 aliphatic carbocycles. The quantitative estimate of drug-likeness (QED) is 0.652. The topological polar surface area (TPSA) is 76.4 Å². The van der Waals surface area contributed by atoms with Gasteiger partial charge in [0.15, 0.2) is 5.69 Å². The Balaban J connectivity index is 2.33. The number of nitrogens with zero attached hydrogens (tertiary/aromatic N) is 1. The third kappa shape index (κ3) is 3.59. The fourth-order valence-corrected chi connectivity index (χ4v) is 1.02. The fraction of sp³-hybridized carbons (Fsp3) is 0.556. The zero-order chi connectivity index (χ0) is 11.1. The Bertz CT molecular complexity index is 311. The Kier molecular flexibility index (Phi) is 4.62. The number of ether oxygens (including phenoxy) is 1. The smallest absolute Gasteiger partial charge is 0.311 e. The molecule has 0 saturated heterocycles. The van der Waals surface area contributed by atoms with Crippen LogP contribution in [0.5, 0.6) is 5.95 Å². The summed E-state index contributed by atoms with van der Waals surface area (Å²) in [5.74, 6) is -0.0199. The number of carbonyl (C=O) groups excluding carboxylic acids is 1. The molecule has 6 nitrogen and oxygen atoms in total. The number of hydrogen-bond donors (Lipinski definition) is 2. The Labute approximate surface area is 88.0 Å². The Morgan fingerprint density at radius 1 is 1.60 bits per heavy atom. The molecule has 1 aromatic heterocycles. The monoisotopic (exact) mass is 213 g/mol. The fourth-order valence-electron chi connectivity index (χ4n) is 1.02. The standard InChI is InChI=1S/C9H15N3O3/c1-10-4-3-5-11-9(13)7-6-8(14-2)15-12-7/h6,10H,3-5H2,1-2H3,(H,11,13). The average molecular weight is 213 g/mol. The lowest BCUT2D eigenvalue weighted by Gasteiger charge is -2.01. The van der Waals surface area contributed by atoms with Crippen molar-refractivity contribution in [3.63, 3.8) is 0 Å². The summed E-state index contributed by atoms with van der Waals surface area (Å²) < 4.78 is 9.49. The Morgan fingerprint density at radius 3 is 3.00 bits per heavy atom. The van der Waals surface area contributed by atoms with Gasteiger partial charge in [0.1, 0.15) is 0 Å². The Hall–Kier alpha value is -1.56. The molecule has 1 heterocycles. The molecule has 0 radical (unpaired) electrons. The molecule has 0 aliphatic heterocycles. The van der Waals surface area contributed by atoms with Crippen LogP contribution in [0.1, 0.15) is 16.9 Å². The maximum absolute atomic E-state index is 11.4. The van der Waals surface area contributed by atoms with Gasteiger partial charge in [-0.3, -0.25) is 4.79 Å². The maximum Gasteiger partial charge on any atom is 0.311 e. The van der Waals surface area contributed by atoms with Crippen molar-refractivity contribution in [3.05, 3.63) is 11.8 Å². The first-order valence-corrected chi connectivity index (χ1v) is 4.71. The molecular formula is C9H15N3O3. The molecule has 0 spiro atoms. The normalized spacial score (nSPS) is 10.0. The van der Waals surface area contributed by atoms with Crippen LogP contribution < -0.4 is 15.4 Å². The predicted molar refractivity (Wildman–Crippen MR) is 53.9 cm³/mol. The van der Waals surface area contributed by atoms with E-state index in [0.717, 1.165) is 13.0 Å². The van der Waals surface area contributed by atoms with Gasteiger partial charge in [-0.15, -0.1) is 0 Å². The number of carbonyl (C=O) groups is 1. The zero-order valence-electron chi connectivity index (χ0n) is 8.87. The number of methoxy groups -OCH3 is 1. The van der Waals surface area contributed by atoms with Crippen molar-refractivity contribution in [2.24, 2.45) is 0 Å². The lowest BCUT2D eigenvalue weighted by molar-refractivity contribution is 0.0944. The molecule has 0 saturated carbocycles. The minimum absolute atomic E-state index is 0.232. The minimum atomic E-state index is -0.252. The van der Waals surface area contributed by atoms with E-state index >= 15 is 0 Å². The van der Waals surface area contributed by atoms with Crippen LogP contribution in [-0.4, -0.2) is 38.3 Å². The van der Waals surface area contributed by atoms with Gasteiger partial charge in [0, 0.05) is 6.54 Å². The summed E-state index contributed by atoms with van der Waals surface area (Å²) >= 11 is 0. The van der Waals surface area contributed by atoms with Gasteiger partial charge in [-0.25, -0.2) is 0 Å². The first-order valence-electron chi connectivity index (χ1n) is 4.71. The van der Waals surface area contributed by atoms with Gasteiger partial charge < -0.3 is 19.9 Å². The molecule has 0 atom stereocenters. The molecule has 1 aromatic rings. The average Bonchev–Trinajstić information content (AvgIpc) is 2.72. The van der Waals surface area contributed by atoms with Crippen LogP contribution in [0.3, 0.4) is 0 Å². The molecule has 0 unspecified atom stereocenters. The molecule has 0 bridgehead atoms. The highest BCUT2D eigenvalue weighted by atomic mass is 16.6. The largest absolute Gasteiger partial charge is 0.467 e. The minimum Gasteiger partial charge on any atom is -0.467 e. The third-order valence-corrected chi connectivity index (χ3v) is 1.81. The molecule has 84 valence electrons. The van der Waals surface area contributed by atoms with Crippen molar-refractivity contribution in [1.29, 1.82) is 0 Å². The lowest BCUT2D eigenvalue weighted by atomic mass is 10.3. The van der Waals surface area contributed by atoms with Gasteiger partial charge in [-0.05, 0) is 20.0 Å². The molecule has 15 heavy (non-hydrogen) atoms. The number of hydrogen-bond acceptors (Lipinski definition) is 5. The SMILES string of the molecule is CNCCCNC(=O)c1cc(OC)on1. The van der Waals surface area contributed by atoms with Crippen molar-refractivity contribution < 1.29 is 14.1 Å². The third-order valence-electron chi connectivity index (χ3n) is 1.81. The van der Waals surface area contributed by atoms with Crippen LogP contribution in [0.25, 0.3) is 0 Å². The second kappa shape index (κ2) is 6.02. The summed E-state index contributed by atoms with van der Waals surface area (Å²) in [6.45, 7) is 1.47. The number of aromatic nitrogens is 1. The first-order chi connectivity index (χ1) is 7.27. The van der Waals surface area contributed by atoms with Gasteiger partial charge >= 0.3 is 5.95 Å². The highest BCUT2D eigenvalue weighted by Crippen LogP contribution is 2.10. The predicted octanol–water partition coefficient (Wildman–Crippen LogP) is 0.0225. The van der Waals surface area contributed by atoms with Gasteiger partial charge in [0.2, 0.25) is 0 Å². The number of amides is 1. The van der Waals surface area contributed by atoms with E-state index in [0.29, 0.717) is 6.54 Å². The van der Waals surface area contributed by atoms with Crippen LogP contribution >= 0.6 is 0 Å². The summed E-state index contributed by atoms with van der Waals surface area (Å²) in [7, 11) is 3.32. The summed E-state index contributed by atoms with van der Waals surface area (Å²) in [6, 6.07) is 1.45. The van der Waals surface area contributed by atoms with Crippen molar-refractivity contribution >= 4 is 5.91 Å². The van der Waals surface area contributed by atoms with Crippen LogP contribution in [0, 0.1) is 0 Å². The van der Waals surface area contributed by atoms with Crippen LogP contribution in [0.4, 0.5) is 0 Å². The van der Waals surface area contributed by atoms with E-state index in [1.54, 1.807) is 0 Å². The van der Waals surface area contributed by atoms with Crippen molar-refractivity contribution in [2.75, 3.05) is 27.2 Å². The van der Waals surface area contributed by atoms with E-state index in [-0.39, 0.29) is 17.5 Å². The van der Waals surface area contributed by atoms with Gasteiger partial charge in [0.25, 0.3) is 5.91 Å². The maximum atomic E-state index is 11.4. The van der Waals surface area contributed by atoms with E-state index in [9.17, 15) is 4.79 Å². The molecular weight excluding hydrogens is 198 g/mol. The zero-order valence-corrected chi connectivity index (χ0v) is 8.87. The summed E-state index contributed by atoms with van der Waals surface area (Å²) in [5, 5.41) is 9.26. The summed E-state index contributed by atoms with van der Waals surface area (Å²) in [5.41, 5.74) is 0.233. The van der Waals surface area contributed by atoms with Gasteiger partial charge in [0.05, 0.1) is 13.2 Å². The summed E-state index contributed by atoms with van der Waals surface area (Å²) in [6.07, 6.45) is 0.872. The molecule has 2 N–H and O–H groups in total. The van der Waals surface area contributed by atoms with E-state index < -0.39 is 0 Å². The van der Waals surface area contributed by atoms with Crippen LogP contribution in [0.15, 0.2) is 10.6 Å². The second-order valence-corrected chi connectivity index (χ2v) is 2.95. The molecule has 6 heteroatoms. The first kappa shape index (κ1) is 11.5. The van der Waals surface area contributed by atoms with E-state index in [1.807, 2.05) is 7.05 Å². The number of nitrogens with one attached hydrogen (secondary N) is 2. The van der Waals surface area contributed by atoms with Gasteiger partial charge in [-0.2, -0.15) is 0 Å². The highest BCUT2D eigenvalue weighted by molar-refractivity contribution is 5.92. The molecule has 0 fully saturated rings. The van der Waals surface area contributed by atoms with Crippen LogP contribution in [0.2, 0.25) is 0 Å². The van der Waals surface area contributed by atoms with Crippen molar-refractivity contribution in [3.8, 4) is 5.95 Å². The van der Waals surface area contributed by atoms with Crippen molar-refractivity contribution in [1.82, 2.24) is 15.8 Å². The molecule has 1 amide bonds. The van der Waals surface area contributed by atoms with E-state index in [2.05, 4.69) is 15.8 Å². The van der Waals surface area contributed by atoms with Gasteiger partial charge in [-0.1, -0.05) is 5.16 Å². The molecule has 0 aromatic carbocycles. The van der Waals surface area contributed by atoms with E-state index in [4.69, 9.17) is 9.26 Å². The Morgan fingerprint density at radius 2 is 2.40 bits per heavy atom. The lowest BCUT2D eigenvalue weighted by Crippen LogP contribution is -2.26. The number of rotatable bonds is 6. The molecule has 0 aliphatic rings. The summed E-state index contributed by atoms with van der Waals surface area (Å²) in [4.78, 5) is 11.4. The second-order valence-electron chi connectivity index (χ2n) is 2.95. The van der Waals surface area contributed by atoms with E-state index in [1.165, 1.54) is 13.2 Å². The van der Waals surface area contributed by atoms with Crippen LogP contribution in [-0.2, 0) is 0 Å².